The molecule has 72 valence electrons. The molecule has 2 aromatic heterocycles. The number of aromatic nitrogens is 3. The maximum Gasteiger partial charge on any atom is 0.357 e. The number of methoxy groups -OCH3 is 1. The van der Waals surface area contributed by atoms with Crippen molar-refractivity contribution in [1.29, 1.82) is 0 Å². The lowest BCUT2D eigenvalue weighted by Crippen LogP contribution is -2.04. The zero-order valence-electron chi connectivity index (χ0n) is 7.87. The van der Waals surface area contributed by atoms with E-state index in [1.165, 1.54) is 13.4 Å². The Bertz CT molecular complexity index is 490. The number of nitrogens with zero attached hydrogens (tertiary/aromatic N) is 2. The first-order valence-corrected chi connectivity index (χ1v) is 4.11. The van der Waals surface area contributed by atoms with Crippen LogP contribution < -0.4 is 0 Å². The first kappa shape index (κ1) is 8.68. The van der Waals surface area contributed by atoms with E-state index in [0.29, 0.717) is 16.7 Å². The molecule has 2 aromatic rings. The summed E-state index contributed by atoms with van der Waals surface area (Å²) in [6, 6.07) is 1.82. The molecule has 1 N–H and O–H groups in total. The average Bonchev–Trinajstić information content (AvgIpc) is 2.56. The van der Waals surface area contributed by atoms with Gasteiger partial charge in [-0.3, -0.25) is 0 Å². The van der Waals surface area contributed by atoms with Crippen molar-refractivity contribution >= 4 is 17.0 Å². The zero-order valence-corrected chi connectivity index (χ0v) is 7.87. The molecule has 0 unspecified atom stereocenters. The number of nitrogens with one attached hydrogen (secondary N) is 1. The van der Waals surface area contributed by atoms with E-state index in [9.17, 15) is 4.79 Å². The van der Waals surface area contributed by atoms with Crippen LogP contribution in [0.25, 0.3) is 11.0 Å². The van der Waals surface area contributed by atoms with Crippen molar-refractivity contribution in [3.63, 3.8) is 0 Å². The normalized spacial score (nSPS) is 10.4. The van der Waals surface area contributed by atoms with Gasteiger partial charge in [0.2, 0.25) is 0 Å². The summed E-state index contributed by atoms with van der Waals surface area (Å²) in [5.74, 6) is -0.448. The molecule has 2 heterocycles. The van der Waals surface area contributed by atoms with Crippen LogP contribution in [0.15, 0.2) is 12.4 Å². The lowest BCUT2D eigenvalue weighted by molar-refractivity contribution is 0.0596. The average molecular weight is 191 g/mol. The monoisotopic (exact) mass is 191 g/mol. The third kappa shape index (κ3) is 1.22. The van der Waals surface area contributed by atoms with E-state index < -0.39 is 5.97 Å². The third-order valence-corrected chi connectivity index (χ3v) is 1.94. The van der Waals surface area contributed by atoms with Gasteiger partial charge in [0, 0.05) is 5.69 Å². The van der Waals surface area contributed by atoms with Gasteiger partial charge in [0.1, 0.15) is 12.0 Å². The number of aromatic amines is 1. The molecular weight excluding hydrogens is 182 g/mol. The minimum absolute atomic E-state index is 0.293. The van der Waals surface area contributed by atoms with Gasteiger partial charge < -0.3 is 9.72 Å². The molecule has 5 nitrogen and oxygen atoms in total. The summed E-state index contributed by atoms with van der Waals surface area (Å²) in [4.78, 5) is 22.2. The predicted octanol–water partition coefficient (Wildman–Crippen LogP) is 1.05. The Kier molecular flexibility index (Phi) is 1.92. The van der Waals surface area contributed by atoms with E-state index in [0.717, 1.165) is 5.69 Å². The highest BCUT2D eigenvalue weighted by Crippen LogP contribution is 2.15. The number of hydrogen-bond donors (Lipinski definition) is 1. The summed E-state index contributed by atoms with van der Waals surface area (Å²) in [6.07, 6.45) is 1.34. The van der Waals surface area contributed by atoms with Crippen molar-refractivity contribution < 1.29 is 9.53 Å². The largest absolute Gasteiger partial charge is 0.464 e. The van der Waals surface area contributed by atoms with Crippen LogP contribution in [0.2, 0.25) is 0 Å². The molecule has 0 amide bonds. The van der Waals surface area contributed by atoms with Crippen molar-refractivity contribution in [2.45, 2.75) is 6.92 Å². The molecule has 0 spiro atoms. The molecule has 0 radical (unpaired) electrons. The maximum atomic E-state index is 11.3. The van der Waals surface area contributed by atoms with Gasteiger partial charge in [-0.05, 0) is 13.0 Å². The van der Waals surface area contributed by atoms with E-state index in [4.69, 9.17) is 0 Å². The van der Waals surface area contributed by atoms with Gasteiger partial charge in [-0.2, -0.15) is 0 Å². The standard InChI is InChI=1S/C9H9N3O2/c1-5-3-6-7(9(13)14-2)10-4-11-8(6)12-5/h3-4H,1-2H3,(H,10,11,12). The SMILES string of the molecule is COC(=O)c1ncnc2[nH]c(C)cc12. The molecule has 0 aliphatic heterocycles. The highest BCUT2D eigenvalue weighted by atomic mass is 16.5. The maximum absolute atomic E-state index is 11.3. The van der Waals surface area contributed by atoms with E-state index >= 15 is 0 Å². The fraction of sp³-hybridized carbons (Fsp3) is 0.222. The van der Waals surface area contributed by atoms with Gasteiger partial charge in [-0.1, -0.05) is 0 Å². The third-order valence-electron chi connectivity index (χ3n) is 1.94. The first-order valence-electron chi connectivity index (χ1n) is 4.11. The van der Waals surface area contributed by atoms with Crippen molar-refractivity contribution in [2.24, 2.45) is 0 Å². The number of ether oxygens (including phenoxy) is 1. The summed E-state index contributed by atoms with van der Waals surface area (Å²) in [6.45, 7) is 1.89. The second-order valence-electron chi connectivity index (χ2n) is 2.93. The van der Waals surface area contributed by atoms with Crippen LogP contribution in [0.4, 0.5) is 0 Å². The molecule has 0 atom stereocenters. The summed E-state index contributed by atoms with van der Waals surface area (Å²) >= 11 is 0. The van der Waals surface area contributed by atoms with Crippen molar-refractivity contribution in [3.05, 3.63) is 23.8 Å². The molecule has 0 aliphatic carbocycles. The second-order valence-corrected chi connectivity index (χ2v) is 2.93. The lowest BCUT2D eigenvalue weighted by Gasteiger charge is -1.97. The van der Waals surface area contributed by atoms with Gasteiger partial charge in [0.25, 0.3) is 0 Å². The second kappa shape index (κ2) is 3.10. The number of carbonyl (C=O) groups is 1. The summed E-state index contributed by atoms with van der Waals surface area (Å²) in [5, 5.41) is 0.692. The van der Waals surface area contributed by atoms with Gasteiger partial charge in [-0.25, -0.2) is 14.8 Å². The molecule has 2 rings (SSSR count). The molecule has 0 bridgehead atoms. The number of rotatable bonds is 1. The van der Waals surface area contributed by atoms with Gasteiger partial charge in [-0.15, -0.1) is 0 Å². The fourth-order valence-electron chi connectivity index (χ4n) is 1.33. The number of fused-ring (bicyclic) bond motifs is 1. The number of aryl methyl sites for hydroxylation is 1. The smallest absolute Gasteiger partial charge is 0.357 e. The van der Waals surface area contributed by atoms with Crippen LogP contribution in [-0.4, -0.2) is 28.0 Å². The van der Waals surface area contributed by atoms with Crippen molar-refractivity contribution in [1.82, 2.24) is 15.0 Å². The van der Waals surface area contributed by atoms with Crippen LogP contribution in [0, 0.1) is 6.92 Å². The Labute approximate surface area is 80.1 Å². The summed E-state index contributed by atoms with van der Waals surface area (Å²) < 4.78 is 4.61. The molecule has 5 heteroatoms. The van der Waals surface area contributed by atoms with Crippen LogP contribution in [-0.2, 0) is 4.74 Å². The quantitative estimate of drug-likeness (QED) is 0.684. The van der Waals surface area contributed by atoms with E-state index in [2.05, 4.69) is 19.7 Å². The van der Waals surface area contributed by atoms with E-state index in [1.54, 1.807) is 0 Å². The molecule has 0 saturated carbocycles. The van der Waals surface area contributed by atoms with Crippen molar-refractivity contribution in [2.75, 3.05) is 7.11 Å². The number of carbonyl (C=O) groups excluding carboxylic acids is 1. The number of H-pyrrole nitrogens is 1. The highest BCUT2D eigenvalue weighted by Gasteiger charge is 2.13. The molecule has 0 fully saturated rings. The number of hydrogen-bond acceptors (Lipinski definition) is 4. The van der Waals surface area contributed by atoms with Crippen LogP contribution in [0.5, 0.6) is 0 Å². The Balaban J connectivity index is 2.70. The lowest BCUT2D eigenvalue weighted by atomic mass is 10.3. The first-order chi connectivity index (χ1) is 6.72. The van der Waals surface area contributed by atoms with Crippen molar-refractivity contribution in [3.8, 4) is 0 Å². The topological polar surface area (TPSA) is 67.9 Å². The highest BCUT2D eigenvalue weighted by molar-refractivity contribution is 6.00. The van der Waals surface area contributed by atoms with E-state index in [1.807, 2.05) is 13.0 Å². The minimum Gasteiger partial charge on any atom is -0.464 e. The van der Waals surface area contributed by atoms with Crippen LogP contribution in [0.1, 0.15) is 16.2 Å². The zero-order chi connectivity index (χ0) is 10.1. The molecule has 0 aromatic carbocycles. The fourth-order valence-corrected chi connectivity index (χ4v) is 1.33. The Morgan fingerprint density at radius 3 is 3.00 bits per heavy atom. The Morgan fingerprint density at radius 1 is 1.50 bits per heavy atom. The molecule has 0 aliphatic rings. The van der Waals surface area contributed by atoms with Gasteiger partial charge >= 0.3 is 5.97 Å². The van der Waals surface area contributed by atoms with Gasteiger partial charge in [0.05, 0.1) is 12.5 Å². The molecule has 14 heavy (non-hydrogen) atoms. The summed E-state index contributed by atoms with van der Waals surface area (Å²) in [7, 11) is 1.33. The number of esters is 1. The Morgan fingerprint density at radius 2 is 2.29 bits per heavy atom. The van der Waals surface area contributed by atoms with Crippen LogP contribution in [0.3, 0.4) is 0 Å². The Hall–Kier alpha value is -1.91. The molecule has 0 saturated heterocycles. The minimum atomic E-state index is -0.448. The van der Waals surface area contributed by atoms with E-state index in [-0.39, 0.29) is 0 Å². The van der Waals surface area contributed by atoms with Crippen LogP contribution >= 0.6 is 0 Å². The van der Waals surface area contributed by atoms with Gasteiger partial charge in [0.15, 0.2) is 5.69 Å². The summed E-state index contributed by atoms with van der Waals surface area (Å²) in [5.41, 5.74) is 1.88. The molecular formula is C9H9N3O2. The predicted molar refractivity (Wildman–Crippen MR) is 50.0 cm³/mol.